The molecule has 0 rings (SSSR count). The fraction of sp³-hybridized carbons (Fsp3) is 0.952. The van der Waals surface area contributed by atoms with Gasteiger partial charge in [0.05, 0.1) is 112 Å². The number of ether oxygens (including phenoxy) is 8. The highest BCUT2D eigenvalue weighted by atomic mass is 16.6. The average Bonchev–Trinajstić information content (AvgIpc) is 2.79. The summed E-state index contributed by atoms with van der Waals surface area (Å²) in [6.07, 6.45) is 0.371. The van der Waals surface area contributed by atoms with Gasteiger partial charge in [-0.2, -0.15) is 0 Å². The highest BCUT2D eigenvalue weighted by molar-refractivity contribution is 5.75. The smallest absolute Gasteiger partial charge is 0.222 e. The van der Waals surface area contributed by atoms with E-state index in [4.69, 9.17) is 43.0 Å². The lowest BCUT2D eigenvalue weighted by molar-refractivity contribution is -0.122. The first-order valence-electron chi connectivity index (χ1n) is 11.3. The van der Waals surface area contributed by atoms with E-state index in [-0.39, 0.29) is 12.5 Å². The van der Waals surface area contributed by atoms with Gasteiger partial charge in [0.2, 0.25) is 5.91 Å². The predicted molar refractivity (Wildman–Crippen MR) is 117 cm³/mol. The van der Waals surface area contributed by atoms with Gasteiger partial charge in [-0.3, -0.25) is 4.79 Å². The Labute approximate surface area is 191 Å². The molecule has 0 radical (unpaired) electrons. The van der Waals surface area contributed by atoms with Crippen LogP contribution in [0.4, 0.5) is 0 Å². The van der Waals surface area contributed by atoms with Crippen LogP contribution >= 0.6 is 0 Å². The van der Waals surface area contributed by atoms with Crippen LogP contribution in [0.5, 0.6) is 0 Å². The summed E-state index contributed by atoms with van der Waals surface area (Å²) in [5.74, 6) is 0.000252. The zero-order valence-electron chi connectivity index (χ0n) is 19.6. The lowest BCUT2D eigenvalue weighted by Gasteiger charge is -2.08. The molecule has 0 unspecified atom stereocenters. The number of aliphatic hydroxyl groups is 1. The summed E-state index contributed by atoms with van der Waals surface area (Å²) >= 11 is 0. The Bertz CT molecular complexity index is 376. The lowest BCUT2D eigenvalue weighted by atomic mass is 10.4. The van der Waals surface area contributed by atoms with Crippen LogP contribution in [-0.4, -0.2) is 130 Å². The fourth-order valence-electron chi connectivity index (χ4n) is 2.16. The molecule has 0 atom stereocenters. The Kier molecular flexibility index (Phi) is 27.4. The van der Waals surface area contributed by atoms with Crippen molar-refractivity contribution in [3.05, 3.63) is 0 Å². The second kappa shape index (κ2) is 28.1. The lowest BCUT2D eigenvalue weighted by Crippen LogP contribution is -2.24. The minimum atomic E-state index is 0.000252. The van der Waals surface area contributed by atoms with E-state index in [0.29, 0.717) is 119 Å². The molecule has 2 N–H and O–H groups in total. The van der Waals surface area contributed by atoms with E-state index in [0.717, 1.165) is 0 Å². The van der Waals surface area contributed by atoms with E-state index in [1.165, 1.54) is 0 Å². The molecule has 11 nitrogen and oxygen atoms in total. The van der Waals surface area contributed by atoms with Gasteiger partial charge in [0.25, 0.3) is 0 Å². The third-order valence-electron chi connectivity index (χ3n) is 3.69. The van der Waals surface area contributed by atoms with E-state index >= 15 is 0 Å². The van der Waals surface area contributed by atoms with Crippen LogP contribution in [-0.2, 0) is 42.7 Å². The van der Waals surface area contributed by atoms with Gasteiger partial charge in [0.1, 0.15) is 0 Å². The molecule has 192 valence electrons. The van der Waals surface area contributed by atoms with Crippen molar-refractivity contribution in [2.45, 2.75) is 13.3 Å². The molecule has 0 aliphatic heterocycles. The van der Waals surface area contributed by atoms with E-state index in [1.807, 2.05) is 6.92 Å². The molecule has 0 heterocycles. The summed E-state index contributed by atoms with van der Waals surface area (Å²) in [6.45, 7) is 10.2. The van der Waals surface area contributed by atoms with E-state index in [9.17, 15) is 4.79 Å². The van der Waals surface area contributed by atoms with Crippen LogP contribution in [0.15, 0.2) is 0 Å². The van der Waals surface area contributed by atoms with Crippen molar-refractivity contribution in [3.63, 3.8) is 0 Å². The average molecular weight is 470 g/mol. The molecule has 0 aromatic carbocycles. The van der Waals surface area contributed by atoms with Crippen molar-refractivity contribution in [3.8, 4) is 0 Å². The van der Waals surface area contributed by atoms with Crippen molar-refractivity contribution in [2.75, 3.05) is 119 Å². The van der Waals surface area contributed by atoms with Crippen molar-refractivity contribution < 1.29 is 47.8 Å². The fourth-order valence-corrected chi connectivity index (χ4v) is 2.16. The molecule has 0 aliphatic rings. The monoisotopic (exact) mass is 469 g/mol. The maximum atomic E-state index is 11.2. The third kappa shape index (κ3) is 27.1. The van der Waals surface area contributed by atoms with Gasteiger partial charge in [-0.25, -0.2) is 0 Å². The van der Waals surface area contributed by atoms with E-state index in [1.54, 1.807) is 0 Å². The van der Waals surface area contributed by atoms with Gasteiger partial charge in [-0.15, -0.1) is 0 Å². The Morgan fingerprint density at radius 1 is 0.531 bits per heavy atom. The number of hydrogen-bond donors (Lipinski definition) is 2. The van der Waals surface area contributed by atoms with Crippen LogP contribution in [0.2, 0.25) is 0 Å². The molecule has 32 heavy (non-hydrogen) atoms. The predicted octanol–water partition coefficient (Wildman–Crippen LogP) is -0.362. The number of carbonyl (C=O) groups is 1. The molecule has 0 aromatic rings. The summed E-state index contributed by atoms with van der Waals surface area (Å²) < 4.78 is 42.6. The first-order chi connectivity index (χ1) is 15.8. The Morgan fingerprint density at radius 3 is 1.09 bits per heavy atom. The second-order valence-corrected chi connectivity index (χ2v) is 6.33. The summed E-state index contributed by atoms with van der Waals surface area (Å²) in [5, 5.41) is 11.3. The number of nitrogens with one attached hydrogen (secondary N) is 1. The van der Waals surface area contributed by atoms with Crippen molar-refractivity contribution >= 4 is 5.91 Å². The highest BCUT2D eigenvalue weighted by Gasteiger charge is 1.99. The molecule has 1 amide bonds. The number of amides is 1. The van der Waals surface area contributed by atoms with Crippen LogP contribution in [0, 0.1) is 0 Å². The number of rotatable bonds is 27. The largest absolute Gasteiger partial charge is 0.394 e. The minimum Gasteiger partial charge on any atom is -0.394 e. The Morgan fingerprint density at radius 2 is 0.812 bits per heavy atom. The molecule has 0 bridgehead atoms. The van der Waals surface area contributed by atoms with Crippen molar-refractivity contribution in [1.29, 1.82) is 0 Å². The normalized spacial score (nSPS) is 11.2. The maximum Gasteiger partial charge on any atom is 0.222 e. The van der Waals surface area contributed by atoms with Crippen LogP contribution in [0.3, 0.4) is 0 Å². The number of hydrogen-bond acceptors (Lipinski definition) is 10. The molecule has 0 aromatic heterocycles. The molecular weight excluding hydrogens is 426 g/mol. The third-order valence-corrected chi connectivity index (χ3v) is 3.69. The standard InChI is InChI=1S/C21H43NO10/c1-2-22-21(24)3-5-25-7-9-27-11-13-29-15-17-31-19-20-32-18-16-30-14-12-28-10-8-26-6-4-23/h23H,2-20H2,1H3,(H,22,24). The molecule has 0 fully saturated rings. The first-order valence-corrected chi connectivity index (χ1v) is 11.3. The molecule has 11 heteroatoms. The van der Waals surface area contributed by atoms with Crippen molar-refractivity contribution in [1.82, 2.24) is 5.32 Å². The van der Waals surface area contributed by atoms with Gasteiger partial charge in [-0.05, 0) is 6.92 Å². The Balaban J connectivity index is 3.03. The van der Waals surface area contributed by atoms with Gasteiger partial charge >= 0.3 is 0 Å². The van der Waals surface area contributed by atoms with E-state index in [2.05, 4.69) is 5.32 Å². The summed E-state index contributed by atoms with van der Waals surface area (Å²) in [4.78, 5) is 11.2. The topological polar surface area (TPSA) is 123 Å². The second-order valence-electron chi connectivity index (χ2n) is 6.33. The molecular formula is C21H43NO10. The zero-order chi connectivity index (χ0) is 23.4. The number of carbonyl (C=O) groups excluding carboxylic acids is 1. The quantitative estimate of drug-likeness (QED) is 0.154. The molecule has 0 aliphatic carbocycles. The zero-order valence-corrected chi connectivity index (χ0v) is 19.6. The molecule has 0 spiro atoms. The van der Waals surface area contributed by atoms with E-state index < -0.39 is 0 Å². The van der Waals surface area contributed by atoms with Gasteiger partial charge in [0.15, 0.2) is 0 Å². The van der Waals surface area contributed by atoms with Crippen LogP contribution < -0.4 is 5.32 Å². The van der Waals surface area contributed by atoms with Gasteiger partial charge < -0.3 is 48.3 Å². The summed E-state index contributed by atoms with van der Waals surface area (Å²) in [7, 11) is 0. The van der Waals surface area contributed by atoms with Crippen molar-refractivity contribution in [2.24, 2.45) is 0 Å². The first kappa shape index (κ1) is 31.1. The SMILES string of the molecule is CCNC(=O)CCOCCOCCOCCOCCOCCOCCOCCOCCO. The summed E-state index contributed by atoms with van der Waals surface area (Å²) in [5.41, 5.74) is 0. The maximum absolute atomic E-state index is 11.2. The minimum absolute atomic E-state index is 0.000252. The van der Waals surface area contributed by atoms with Crippen LogP contribution in [0.1, 0.15) is 13.3 Å². The Hall–Kier alpha value is -0.890. The summed E-state index contributed by atoms with van der Waals surface area (Å²) in [6, 6.07) is 0. The highest BCUT2D eigenvalue weighted by Crippen LogP contribution is 1.87. The van der Waals surface area contributed by atoms with Gasteiger partial charge in [-0.1, -0.05) is 0 Å². The van der Waals surface area contributed by atoms with Gasteiger partial charge in [0, 0.05) is 13.0 Å². The number of aliphatic hydroxyl groups excluding tert-OH is 1. The van der Waals surface area contributed by atoms with Crippen LogP contribution in [0.25, 0.3) is 0 Å². The molecule has 0 saturated heterocycles. The molecule has 0 saturated carbocycles.